The van der Waals surface area contributed by atoms with Gasteiger partial charge >= 0.3 is 5.97 Å². The van der Waals surface area contributed by atoms with Crippen LogP contribution in [0.1, 0.15) is 31.9 Å². The van der Waals surface area contributed by atoms with Gasteiger partial charge in [-0.1, -0.05) is 28.0 Å². The number of nitrogens with one attached hydrogen (secondary N) is 1. The molecular formula is C16H18BrN5O3. The molecule has 0 radical (unpaired) electrons. The van der Waals surface area contributed by atoms with Gasteiger partial charge in [-0.2, -0.15) is 4.68 Å². The van der Waals surface area contributed by atoms with Crippen molar-refractivity contribution >= 4 is 27.8 Å². The molecule has 0 saturated carbocycles. The van der Waals surface area contributed by atoms with Crippen molar-refractivity contribution < 1.29 is 14.3 Å². The molecule has 0 saturated heterocycles. The Kier molecular flexibility index (Phi) is 5.03. The summed E-state index contributed by atoms with van der Waals surface area (Å²) in [5, 5.41) is 14.8. The molecule has 0 spiro atoms. The second-order valence-corrected chi connectivity index (χ2v) is 6.45. The van der Waals surface area contributed by atoms with Crippen molar-refractivity contribution in [2.75, 3.05) is 19.0 Å². The van der Waals surface area contributed by atoms with Crippen molar-refractivity contribution in [3.8, 4) is 5.75 Å². The fraction of sp³-hybridized carbons (Fsp3) is 0.375. The monoisotopic (exact) mass is 407 g/mol. The lowest BCUT2D eigenvalue weighted by atomic mass is 9.95. The minimum Gasteiger partial charge on any atom is -0.496 e. The van der Waals surface area contributed by atoms with Crippen molar-refractivity contribution in [3.63, 3.8) is 0 Å². The normalized spacial score (nSPS) is 16.2. The van der Waals surface area contributed by atoms with Crippen LogP contribution in [0.5, 0.6) is 5.75 Å². The van der Waals surface area contributed by atoms with Gasteiger partial charge in [0.1, 0.15) is 11.8 Å². The molecular weight excluding hydrogens is 390 g/mol. The lowest BCUT2D eigenvalue weighted by Crippen LogP contribution is -2.30. The number of hydrogen-bond acceptors (Lipinski definition) is 7. The van der Waals surface area contributed by atoms with Gasteiger partial charge in [0.05, 0.1) is 19.3 Å². The average Bonchev–Trinajstić information content (AvgIpc) is 3.06. The second kappa shape index (κ2) is 7.22. The van der Waals surface area contributed by atoms with Crippen LogP contribution in [-0.4, -0.2) is 39.9 Å². The summed E-state index contributed by atoms with van der Waals surface area (Å²) < 4.78 is 13.3. The van der Waals surface area contributed by atoms with Gasteiger partial charge in [-0.25, -0.2) is 4.79 Å². The largest absolute Gasteiger partial charge is 0.496 e. The van der Waals surface area contributed by atoms with Crippen LogP contribution in [0.3, 0.4) is 0 Å². The number of tetrazole rings is 1. The molecule has 0 aliphatic carbocycles. The molecule has 132 valence electrons. The third-order valence-electron chi connectivity index (χ3n) is 3.86. The van der Waals surface area contributed by atoms with E-state index in [9.17, 15) is 4.79 Å². The number of hydrogen-bond donors (Lipinski definition) is 1. The number of carbonyl (C=O) groups is 1. The molecule has 1 aromatic carbocycles. The Bertz CT molecular complexity index is 833. The zero-order valence-corrected chi connectivity index (χ0v) is 15.7. The summed E-state index contributed by atoms with van der Waals surface area (Å²) in [6.45, 7) is 4.10. The summed E-state index contributed by atoms with van der Waals surface area (Å²) in [6, 6.07) is 5.04. The van der Waals surface area contributed by atoms with Crippen molar-refractivity contribution in [3.05, 3.63) is 39.5 Å². The summed E-state index contributed by atoms with van der Waals surface area (Å²) in [5.74, 6) is 0.682. The number of carbonyl (C=O) groups excluding carboxylic acids is 1. The number of aromatic nitrogens is 4. The Morgan fingerprint density at radius 3 is 2.96 bits per heavy atom. The fourth-order valence-electron chi connectivity index (χ4n) is 2.76. The van der Waals surface area contributed by atoms with Gasteiger partial charge in [0.25, 0.3) is 0 Å². The van der Waals surface area contributed by atoms with Crippen LogP contribution in [0.4, 0.5) is 5.95 Å². The highest BCUT2D eigenvalue weighted by atomic mass is 79.9. The number of nitrogens with zero attached hydrogens (tertiary/aromatic N) is 4. The van der Waals surface area contributed by atoms with Gasteiger partial charge < -0.3 is 14.8 Å². The number of fused-ring (bicyclic) bond motifs is 1. The SMILES string of the molecule is CCCOC(=O)C1=C(C)Nc2nnnn2C1c1cc(Br)ccc1OC. The van der Waals surface area contributed by atoms with Crippen molar-refractivity contribution in [1.29, 1.82) is 0 Å². The Morgan fingerprint density at radius 2 is 2.24 bits per heavy atom. The van der Waals surface area contributed by atoms with Crippen LogP contribution in [0, 0.1) is 0 Å². The van der Waals surface area contributed by atoms with E-state index in [1.807, 2.05) is 25.1 Å². The predicted octanol–water partition coefficient (Wildman–Crippen LogP) is 2.69. The number of halogens is 1. The van der Waals surface area contributed by atoms with E-state index in [2.05, 4.69) is 36.8 Å². The number of benzene rings is 1. The first kappa shape index (κ1) is 17.4. The van der Waals surface area contributed by atoms with Gasteiger partial charge in [-0.15, -0.1) is 0 Å². The summed E-state index contributed by atoms with van der Waals surface area (Å²) in [4.78, 5) is 12.7. The first-order valence-corrected chi connectivity index (χ1v) is 8.62. The quantitative estimate of drug-likeness (QED) is 0.761. The van der Waals surface area contributed by atoms with Crippen LogP contribution in [0.2, 0.25) is 0 Å². The Hall–Kier alpha value is -2.42. The van der Waals surface area contributed by atoms with Gasteiger partial charge in [-0.3, -0.25) is 0 Å². The highest BCUT2D eigenvalue weighted by Gasteiger charge is 2.36. The smallest absolute Gasteiger partial charge is 0.338 e. The summed E-state index contributed by atoms with van der Waals surface area (Å²) >= 11 is 3.47. The molecule has 1 aliphatic rings. The molecule has 8 nitrogen and oxygen atoms in total. The topological polar surface area (TPSA) is 91.2 Å². The second-order valence-electron chi connectivity index (χ2n) is 5.54. The highest BCUT2D eigenvalue weighted by Crippen LogP contribution is 2.39. The highest BCUT2D eigenvalue weighted by molar-refractivity contribution is 9.10. The van der Waals surface area contributed by atoms with E-state index in [1.165, 1.54) is 0 Å². The van der Waals surface area contributed by atoms with E-state index < -0.39 is 12.0 Å². The third kappa shape index (κ3) is 3.23. The zero-order chi connectivity index (χ0) is 18.0. The maximum absolute atomic E-state index is 12.7. The molecule has 3 rings (SSSR count). The molecule has 0 fully saturated rings. The molecule has 1 aromatic heterocycles. The Labute approximate surface area is 153 Å². The van der Waals surface area contributed by atoms with Gasteiger partial charge in [-0.05, 0) is 42.0 Å². The molecule has 25 heavy (non-hydrogen) atoms. The van der Waals surface area contributed by atoms with Crippen LogP contribution < -0.4 is 10.1 Å². The molecule has 1 N–H and O–H groups in total. The average molecular weight is 408 g/mol. The lowest BCUT2D eigenvalue weighted by Gasteiger charge is -2.28. The molecule has 0 amide bonds. The molecule has 2 heterocycles. The predicted molar refractivity (Wildman–Crippen MR) is 94.2 cm³/mol. The minimum atomic E-state index is -0.553. The molecule has 1 atom stereocenters. The number of methoxy groups -OCH3 is 1. The van der Waals surface area contributed by atoms with Crippen molar-refractivity contribution in [1.82, 2.24) is 20.2 Å². The summed E-state index contributed by atoms with van der Waals surface area (Å²) in [6.07, 6.45) is 0.743. The van der Waals surface area contributed by atoms with Crippen LogP contribution in [0.25, 0.3) is 0 Å². The van der Waals surface area contributed by atoms with Crippen molar-refractivity contribution in [2.24, 2.45) is 0 Å². The van der Waals surface area contributed by atoms with E-state index in [-0.39, 0.29) is 0 Å². The maximum Gasteiger partial charge on any atom is 0.338 e. The number of rotatable bonds is 5. The maximum atomic E-state index is 12.7. The van der Waals surface area contributed by atoms with E-state index in [0.29, 0.717) is 29.6 Å². The summed E-state index contributed by atoms with van der Waals surface area (Å²) in [5.41, 5.74) is 1.86. The van der Waals surface area contributed by atoms with Crippen molar-refractivity contribution in [2.45, 2.75) is 26.3 Å². The third-order valence-corrected chi connectivity index (χ3v) is 4.35. The fourth-order valence-corrected chi connectivity index (χ4v) is 3.13. The zero-order valence-electron chi connectivity index (χ0n) is 14.1. The minimum absolute atomic E-state index is 0.348. The first-order chi connectivity index (χ1) is 12.1. The van der Waals surface area contributed by atoms with Gasteiger partial charge in [0.15, 0.2) is 0 Å². The van der Waals surface area contributed by atoms with E-state index >= 15 is 0 Å². The molecule has 2 aromatic rings. The van der Waals surface area contributed by atoms with Crippen LogP contribution >= 0.6 is 15.9 Å². The van der Waals surface area contributed by atoms with Crippen LogP contribution in [0.15, 0.2) is 33.9 Å². The van der Waals surface area contributed by atoms with Gasteiger partial charge in [0, 0.05) is 15.7 Å². The van der Waals surface area contributed by atoms with Crippen LogP contribution in [-0.2, 0) is 9.53 Å². The van der Waals surface area contributed by atoms with E-state index in [4.69, 9.17) is 9.47 Å². The standard InChI is InChI=1S/C16H18BrN5O3/c1-4-7-25-15(23)13-9(2)18-16-19-20-21-22(16)14(13)11-8-10(17)5-6-12(11)24-3/h5-6,8,14H,4,7H2,1-3H3,(H,18,19,21). The van der Waals surface area contributed by atoms with E-state index in [1.54, 1.807) is 18.7 Å². The van der Waals surface area contributed by atoms with Gasteiger partial charge in [0.2, 0.25) is 5.95 Å². The molecule has 1 aliphatic heterocycles. The van der Waals surface area contributed by atoms with E-state index in [0.717, 1.165) is 16.5 Å². The number of esters is 1. The first-order valence-electron chi connectivity index (χ1n) is 7.83. The Morgan fingerprint density at radius 1 is 1.44 bits per heavy atom. The molecule has 9 heteroatoms. The number of ether oxygens (including phenoxy) is 2. The number of allylic oxidation sites excluding steroid dienone is 1. The molecule has 1 unspecified atom stereocenters. The molecule has 0 bridgehead atoms. The summed E-state index contributed by atoms with van der Waals surface area (Å²) in [7, 11) is 1.58. The lowest BCUT2D eigenvalue weighted by molar-refractivity contribution is -0.139. The Balaban J connectivity index is 2.16. The number of anilines is 1.